The van der Waals surface area contributed by atoms with Gasteiger partial charge in [0.1, 0.15) is 0 Å². The molecule has 0 bridgehead atoms. The topological polar surface area (TPSA) is 62.7 Å². The number of guanidine groups is 1. The fraction of sp³-hybridized carbons (Fsp3) is 0.467. The summed E-state index contributed by atoms with van der Waals surface area (Å²) in [6.45, 7) is 3.44. The van der Waals surface area contributed by atoms with E-state index in [4.69, 9.17) is 0 Å². The molecule has 0 saturated heterocycles. The highest BCUT2D eigenvalue weighted by molar-refractivity contribution is 5.80. The van der Waals surface area contributed by atoms with Gasteiger partial charge in [0.05, 0.1) is 13.5 Å². The standard InChI is InChI=1S/C15H23N3O2/c1-12(13-7-5-4-6-8-13)11-18-15(16-2)17-10-9-14(19)20-3/h4-8,12H,9-11H2,1-3H3,(H2,16,17,18). The molecule has 2 N–H and O–H groups in total. The van der Waals surface area contributed by atoms with Crippen molar-refractivity contribution in [3.63, 3.8) is 0 Å². The van der Waals surface area contributed by atoms with E-state index < -0.39 is 0 Å². The normalized spacial score (nSPS) is 12.7. The highest BCUT2D eigenvalue weighted by Crippen LogP contribution is 2.12. The minimum absolute atomic E-state index is 0.231. The number of carbonyl (C=O) groups is 1. The lowest BCUT2D eigenvalue weighted by Crippen LogP contribution is -2.40. The summed E-state index contributed by atoms with van der Waals surface area (Å²) in [7, 11) is 3.09. The summed E-state index contributed by atoms with van der Waals surface area (Å²) in [5.41, 5.74) is 1.28. The van der Waals surface area contributed by atoms with Crippen LogP contribution in [0.25, 0.3) is 0 Å². The van der Waals surface area contributed by atoms with Gasteiger partial charge in [0, 0.05) is 20.1 Å². The maximum atomic E-state index is 11.0. The predicted octanol–water partition coefficient (Wildman–Crippen LogP) is 1.52. The summed E-state index contributed by atoms with van der Waals surface area (Å²) < 4.78 is 4.58. The van der Waals surface area contributed by atoms with Crippen molar-refractivity contribution in [2.75, 3.05) is 27.2 Å². The Bertz CT molecular complexity index is 432. The first-order chi connectivity index (χ1) is 9.67. The molecule has 0 aliphatic heterocycles. The van der Waals surface area contributed by atoms with Crippen LogP contribution in [0.3, 0.4) is 0 Å². The number of aliphatic imine (C=N–C) groups is 1. The number of nitrogens with zero attached hydrogens (tertiary/aromatic N) is 1. The third-order valence-corrected chi connectivity index (χ3v) is 3.02. The van der Waals surface area contributed by atoms with E-state index in [2.05, 4.69) is 39.4 Å². The number of benzene rings is 1. The zero-order valence-corrected chi connectivity index (χ0v) is 12.3. The Hall–Kier alpha value is -2.04. The number of hydrogen-bond donors (Lipinski definition) is 2. The summed E-state index contributed by atoms with van der Waals surface area (Å²) >= 11 is 0. The lowest BCUT2D eigenvalue weighted by molar-refractivity contribution is -0.140. The number of ether oxygens (including phenoxy) is 1. The highest BCUT2D eigenvalue weighted by Gasteiger charge is 2.06. The van der Waals surface area contributed by atoms with Gasteiger partial charge < -0.3 is 15.4 Å². The molecule has 0 aliphatic rings. The molecule has 0 amide bonds. The summed E-state index contributed by atoms with van der Waals surface area (Å²) in [6.07, 6.45) is 0.325. The van der Waals surface area contributed by atoms with E-state index in [-0.39, 0.29) is 5.97 Å². The zero-order chi connectivity index (χ0) is 14.8. The Balaban J connectivity index is 2.33. The molecule has 0 heterocycles. The van der Waals surface area contributed by atoms with Crippen LogP contribution in [0.2, 0.25) is 0 Å². The molecule has 110 valence electrons. The third kappa shape index (κ3) is 5.73. The number of esters is 1. The van der Waals surface area contributed by atoms with E-state index in [1.807, 2.05) is 18.2 Å². The second kappa shape index (κ2) is 8.96. The third-order valence-electron chi connectivity index (χ3n) is 3.02. The maximum Gasteiger partial charge on any atom is 0.307 e. The van der Waals surface area contributed by atoms with Crippen molar-refractivity contribution in [1.29, 1.82) is 0 Å². The van der Waals surface area contributed by atoms with Crippen molar-refractivity contribution in [2.45, 2.75) is 19.3 Å². The molecule has 0 aromatic heterocycles. The Morgan fingerprint density at radius 2 is 2.00 bits per heavy atom. The van der Waals surface area contributed by atoms with Gasteiger partial charge in [0.15, 0.2) is 5.96 Å². The average molecular weight is 277 g/mol. The molecule has 1 aromatic carbocycles. The average Bonchev–Trinajstić information content (AvgIpc) is 2.50. The molecular formula is C15H23N3O2. The van der Waals surface area contributed by atoms with Gasteiger partial charge in [0.2, 0.25) is 0 Å². The molecule has 1 unspecified atom stereocenters. The fourth-order valence-electron chi connectivity index (χ4n) is 1.75. The summed E-state index contributed by atoms with van der Waals surface area (Å²) in [4.78, 5) is 15.1. The van der Waals surface area contributed by atoms with Crippen molar-refractivity contribution in [2.24, 2.45) is 4.99 Å². The summed E-state index contributed by atoms with van der Waals surface area (Å²) in [6, 6.07) is 10.3. The Morgan fingerprint density at radius 3 is 2.60 bits per heavy atom. The van der Waals surface area contributed by atoms with Crippen LogP contribution in [0.5, 0.6) is 0 Å². The number of methoxy groups -OCH3 is 1. The minimum atomic E-state index is -0.231. The van der Waals surface area contributed by atoms with E-state index in [1.165, 1.54) is 12.7 Å². The molecule has 1 atom stereocenters. The molecule has 1 aromatic rings. The van der Waals surface area contributed by atoms with E-state index in [1.54, 1.807) is 7.05 Å². The first kappa shape index (κ1) is 16.0. The molecule has 0 saturated carbocycles. The van der Waals surface area contributed by atoms with Crippen LogP contribution in [0.4, 0.5) is 0 Å². The number of carbonyl (C=O) groups excluding carboxylic acids is 1. The molecule has 5 heteroatoms. The van der Waals surface area contributed by atoms with Crippen molar-refractivity contribution >= 4 is 11.9 Å². The van der Waals surface area contributed by atoms with E-state index in [9.17, 15) is 4.79 Å². The molecule has 0 radical (unpaired) electrons. The van der Waals surface area contributed by atoms with E-state index in [0.717, 1.165) is 6.54 Å². The van der Waals surface area contributed by atoms with Crippen LogP contribution in [-0.4, -0.2) is 39.2 Å². The van der Waals surface area contributed by atoms with E-state index >= 15 is 0 Å². The molecule has 0 spiro atoms. The molecule has 20 heavy (non-hydrogen) atoms. The first-order valence-electron chi connectivity index (χ1n) is 6.73. The summed E-state index contributed by atoms with van der Waals surface area (Å²) in [5.74, 6) is 0.845. The minimum Gasteiger partial charge on any atom is -0.469 e. The molecular weight excluding hydrogens is 254 g/mol. The van der Waals surface area contributed by atoms with Crippen molar-refractivity contribution in [3.05, 3.63) is 35.9 Å². The SMILES string of the molecule is CN=C(NCCC(=O)OC)NCC(C)c1ccccc1. The monoisotopic (exact) mass is 277 g/mol. The largest absolute Gasteiger partial charge is 0.469 e. The van der Waals surface area contributed by atoms with Gasteiger partial charge in [0.25, 0.3) is 0 Å². The Morgan fingerprint density at radius 1 is 1.30 bits per heavy atom. The van der Waals surface area contributed by atoms with Crippen LogP contribution >= 0.6 is 0 Å². The van der Waals surface area contributed by atoms with Crippen LogP contribution in [0, 0.1) is 0 Å². The maximum absolute atomic E-state index is 11.0. The van der Waals surface area contributed by atoms with Crippen molar-refractivity contribution < 1.29 is 9.53 Å². The number of rotatable bonds is 6. The van der Waals surface area contributed by atoms with Gasteiger partial charge in [-0.3, -0.25) is 9.79 Å². The highest BCUT2D eigenvalue weighted by atomic mass is 16.5. The Kier molecular flexibility index (Phi) is 7.17. The lowest BCUT2D eigenvalue weighted by Gasteiger charge is -2.16. The second-order valence-corrected chi connectivity index (χ2v) is 4.52. The van der Waals surface area contributed by atoms with Crippen molar-refractivity contribution in [1.82, 2.24) is 10.6 Å². The quantitative estimate of drug-likeness (QED) is 0.470. The van der Waals surface area contributed by atoms with Crippen LogP contribution in [-0.2, 0) is 9.53 Å². The molecule has 1 rings (SSSR count). The first-order valence-corrected chi connectivity index (χ1v) is 6.73. The van der Waals surface area contributed by atoms with Gasteiger partial charge in [-0.1, -0.05) is 37.3 Å². The van der Waals surface area contributed by atoms with Gasteiger partial charge in [-0.15, -0.1) is 0 Å². The summed E-state index contributed by atoms with van der Waals surface area (Å²) in [5, 5.41) is 6.33. The van der Waals surface area contributed by atoms with E-state index in [0.29, 0.717) is 24.8 Å². The van der Waals surface area contributed by atoms with Crippen molar-refractivity contribution in [3.8, 4) is 0 Å². The van der Waals surface area contributed by atoms with Gasteiger partial charge in [-0.25, -0.2) is 0 Å². The molecule has 0 fully saturated rings. The smallest absolute Gasteiger partial charge is 0.307 e. The predicted molar refractivity (Wildman–Crippen MR) is 80.9 cm³/mol. The second-order valence-electron chi connectivity index (χ2n) is 4.52. The van der Waals surface area contributed by atoms with Crippen LogP contribution in [0.15, 0.2) is 35.3 Å². The van der Waals surface area contributed by atoms with Gasteiger partial charge >= 0.3 is 5.97 Å². The van der Waals surface area contributed by atoms with Gasteiger partial charge in [-0.05, 0) is 11.5 Å². The molecule has 0 aliphatic carbocycles. The zero-order valence-electron chi connectivity index (χ0n) is 12.3. The molecule has 5 nitrogen and oxygen atoms in total. The number of hydrogen-bond acceptors (Lipinski definition) is 3. The lowest BCUT2D eigenvalue weighted by atomic mass is 10.0. The fourth-order valence-corrected chi connectivity index (χ4v) is 1.75. The van der Waals surface area contributed by atoms with Crippen LogP contribution < -0.4 is 10.6 Å². The van der Waals surface area contributed by atoms with Gasteiger partial charge in [-0.2, -0.15) is 0 Å². The Labute approximate surface area is 120 Å². The van der Waals surface area contributed by atoms with Crippen LogP contribution in [0.1, 0.15) is 24.8 Å². The number of nitrogens with one attached hydrogen (secondary N) is 2.